The fraction of sp³-hybridized carbons (Fsp3) is 0.381. The van der Waals surface area contributed by atoms with Gasteiger partial charge in [0.25, 0.3) is 0 Å². The van der Waals surface area contributed by atoms with Crippen molar-refractivity contribution >= 4 is 17.3 Å². The highest BCUT2D eigenvalue weighted by Gasteiger charge is 2.17. The largest absolute Gasteiger partial charge is 0.444 e. The predicted molar refractivity (Wildman–Crippen MR) is 115 cm³/mol. The first-order valence-electron chi connectivity index (χ1n) is 9.35. The maximum atomic E-state index is 5.57. The molecule has 3 rings (SSSR count). The van der Waals surface area contributed by atoms with Crippen LogP contribution in [0, 0.1) is 0 Å². The Morgan fingerprint density at radius 2 is 1.93 bits per heavy atom. The summed E-state index contributed by atoms with van der Waals surface area (Å²) in [6.07, 6.45) is 2.54. The molecule has 0 fully saturated rings. The molecule has 0 amide bonds. The fourth-order valence-electron chi connectivity index (χ4n) is 2.55. The lowest BCUT2D eigenvalue weighted by Gasteiger charge is -2.14. The summed E-state index contributed by atoms with van der Waals surface area (Å²) in [5.41, 5.74) is 3.04. The summed E-state index contributed by atoms with van der Waals surface area (Å²) >= 11 is 1.71. The Morgan fingerprint density at radius 1 is 1.14 bits per heavy atom. The summed E-state index contributed by atoms with van der Waals surface area (Å²) in [7, 11) is 1.76. The van der Waals surface area contributed by atoms with Gasteiger partial charge in [-0.3, -0.25) is 4.99 Å². The van der Waals surface area contributed by atoms with Gasteiger partial charge in [-0.2, -0.15) is 0 Å². The van der Waals surface area contributed by atoms with Crippen molar-refractivity contribution in [3.8, 4) is 11.5 Å². The summed E-state index contributed by atoms with van der Waals surface area (Å²) in [6.45, 7) is 7.86. The zero-order valence-electron chi connectivity index (χ0n) is 16.8. The Balaban J connectivity index is 1.46. The minimum absolute atomic E-state index is 0.0932. The number of rotatable bonds is 6. The van der Waals surface area contributed by atoms with Gasteiger partial charge in [0.05, 0.1) is 22.9 Å². The standard InChI is InChI=1S/C21H27N5OS/c1-21(2,3)17-14-28-18(26-17)10-11-23-20(22-4)24-12-16-13-27-19(25-16)15-8-6-5-7-9-15/h5-9,13-14H,10-12H2,1-4H3,(H2,22,23,24). The van der Waals surface area contributed by atoms with Crippen molar-refractivity contribution < 1.29 is 4.42 Å². The van der Waals surface area contributed by atoms with Crippen LogP contribution in [0.3, 0.4) is 0 Å². The number of aliphatic imine (C=N–C) groups is 1. The third-order valence-corrected chi connectivity index (χ3v) is 5.09. The maximum Gasteiger partial charge on any atom is 0.226 e. The van der Waals surface area contributed by atoms with Gasteiger partial charge >= 0.3 is 0 Å². The van der Waals surface area contributed by atoms with Gasteiger partial charge in [0.15, 0.2) is 5.96 Å². The molecule has 0 saturated carbocycles. The highest BCUT2D eigenvalue weighted by Crippen LogP contribution is 2.24. The Morgan fingerprint density at radius 3 is 2.61 bits per heavy atom. The van der Waals surface area contributed by atoms with E-state index in [-0.39, 0.29) is 5.41 Å². The van der Waals surface area contributed by atoms with Crippen molar-refractivity contribution in [1.29, 1.82) is 0 Å². The monoisotopic (exact) mass is 397 g/mol. The van der Waals surface area contributed by atoms with E-state index in [0.29, 0.717) is 12.4 Å². The van der Waals surface area contributed by atoms with Crippen LogP contribution in [0.4, 0.5) is 0 Å². The quantitative estimate of drug-likeness (QED) is 0.486. The van der Waals surface area contributed by atoms with Crippen LogP contribution in [0.25, 0.3) is 11.5 Å². The second-order valence-electron chi connectivity index (χ2n) is 7.49. The molecule has 0 aliphatic heterocycles. The summed E-state index contributed by atoms with van der Waals surface area (Å²) in [5.74, 6) is 1.36. The topological polar surface area (TPSA) is 75.3 Å². The van der Waals surface area contributed by atoms with Crippen LogP contribution in [0.5, 0.6) is 0 Å². The molecular weight excluding hydrogens is 370 g/mol. The normalized spacial score (nSPS) is 12.2. The molecule has 0 aliphatic rings. The van der Waals surface area contributed by atoms with Crippen LogP contribution >= 0.6 is 11.3 Å². The van der Waals surface area contributed by atoms with Crippen molar-refractivity contribution in [1.82, 2.24) is 20.6 Å². The maximum absolute atomic E-state index is 5.57. The first-order valence-corrected chi connectivity index (χ1v) is 10.2. The molecular formula is C21H27N5OS. The van der Waals surface area contributed by atoms with Crippen molar-refractivity contribution in [2.45, 2.75) is 39.2 Å². The Hall–Kier alpha value is -2.67. The molecule has 2 heterocycles. The molecule has 0 unspecified atom stereocenters. The van der Waals surface area contributed by atoms with Crippen molar-refractivity contribution in [3.63, 3.8) is 0 Å². The van der Waals surface area contributed by atoms with Gasteiger partial charge in [-0.05, 0) is 12.1 Å². The third kappa shape index (κ3) is 5.42. The Labute approximate surface area is 170 Å². The molecule has 0 spiro atoms. The number of aromatic nitrogens is 2. The van der Waals surface area contributed by atoms with Crippen LogP contribution < -0.4 is 10.6 Å². The van der Waals surface area contributed by atoms with Crippen LogP contribution in [0.2, 0.25) is 0 Å². The molecule has 0 atom stereocenters. The highest BCUT2D eigenvalue weighted by atomic mass is 32.1. The van der Waals surface area contributed by atoms with E-state index in [1.807, 2.05) is 30.3 Å². The predicted octanol–water partition coefficient (Wildman–Crippen LogP) is 4.00. The zero-order chi connectivity index (χ0) is 20.0. The van der Waals surface area contributed by atoms with Gasteiger partial charge in [0.1, 0.15) is 6.26 Å². The molecule has 3 aromatic rings. The molecule has 2 N–H and O–H groups in total. The summed E-state index contributed by atoms with van der Waals surface area (Å²) < 4.78 is 5.57. The second kappa shape index (κ2) is 9.01. The van der Waals surface area contributed by atoms with Gasteiger partial charge in [-0.25, -0.2) is 9.97 Å². The number of hydrogen-bond donors (Lipinski definition) is 2. The lowest BCUT2D eigenvalue weighted by Crippen LogP contribution is -2.37. The summed E-state index contributed by atoms with van der Waals surface area (Å²) in [5, 5.41) is 9.87. The van der Waals surface area contributed by atoms with E-state index in [1.54, 1.807) is 24.6 Å². The molecule has 28 heavy (non-hydrogen) atoms. The van der Waals surface area contributed by atoms with E-state index in [0.717, 1.165) is 40.9 Å². The van der Waals surface area contributed by atoms with E-state index in [9.17, 15) is 0 Å². The smallest absolute Gasteiger partial charge is 0.226 e. The number of hydrogen-bond acceptors (Lipinski definition) is 5. The number of nitrogens with one attached hydrogen (secondary N) is 2. The molecule has 148 valence electrons. The van der Waals surface area contributed by atoms with Crippen molar-refractivity contribution in [3.05, 3.63) is 58.4 Å². The number of oxazole rings is 1. The van der Waals surface area contributed by atoms with E-state index >= 15 is 0 Å². The minimum Gasteiger partial charge on any atom is -0.444 e. The average Bonchev–Trinajstić information content (AvgIpc) is 3.34. The van der Waals surface area contributed by atoms with Crippen LogP contribution in [0.1, 0.15) is 37.2 Å². The molecule has 2 aromatic heterocycles. The SMILES string of the molecule is CN=C(NCCc1nc(C(C)(C)C)cs1)NCc1coc(-c2ccccc2)n1. The number of nitrogens with zero attached hydrogens (tertiary/aromatic N) is 3. The van der Waals surface area contributed by atoms with E-state index < -0.39 is 0 Å². The van der Waals surface area contributed by atoms with Gasteiger partial charge in [0, 0.05) is 36.4 Å². The minimum atomic E-state index is 0.0932. The highest BCUT2D eigenvalue weighted by molar-refractivity contribution is 7.09. The first-order chi connectivity index (χ1) is 13.5. The van der Waals surface area contributed by atoms with Crippen molar-refractivity contribution in [2.75, 3.05) is 13.6 Å². The third-order valence-electron chi connectivity index (χ3n) is 4.18. The Kier molecular flexibility index (Phi) is 6.46. The van der Waals surface area contributed by atoms with E-state index in [1.165, 1.54) is 0 Å². The van der Waals surface area contributed by atoms with Gasteiger partial charge < -0.3 is 15.1 Å². The zero-order valence-corrected chi connectivity index (χ0v) is 17.6. The van der Waals surface area contributed by atoms with Crippen LogP contribution in [-0.2, 0) is 18.4 Å². The molecule has 7 heteroatoms. The first kappa shape index (κ1) is 20.1. The van der Waals surface area contributed by atoms with E-state index in [4.69, 9.17) is 9.40 Å². The molecule has 6 nitrogen and oxygen atoms in total. The van der Waals surface area contributed by atoms with Gasteiger partial charge in [0.2, 0.25) is 5.89 Å². The number of thiazole rings is 1. The second-order valence-corrected chi connectivity index (χ2v) is 8.43. The van der Waals surface area contributed by atoms with Gasteiger partial charge in [-0.1, -0.05) is 39.0 Å². The molecule has 0 radical (unpaired) electrons. The summed E-state index contributed by atoms with van der Waals surface area (Å²) in [4.78, 5) is 13.5. The summed E-state index contributed by atoms with van der Waals surface area (Å²) in [6, 6.07) is 9.87. The fourth-order valence-corrected chi connectivity index (χ4v) is 3.58. The number of guanidine groups is 1. The van der Waals surface area contributed by atoms with Gasteiger partial charge in [-0.15, -0.1) is 11.3 Å². The molecule has 0 saturated heterocycles. The van der Waals surface area contributed by atoms with Crippen LogP contribution in [0.15, 0.2) is 51.4 Å². The number of benzene rings is 1. The van der Waals surface area contributed by atoms with E-state index in [2.05, 4.69) is 46.8 Å². The van der Waals surface area contributed by atoms with Crippen molar-refractivity contribution in [2.24, 2.45) is 4.99 Å². The average molecular weight is 398 g/mol. The lowest BCUT2D eigenvalue weighted by atomic mass is 9.93. The Bertz CT molecular complexity index is 908. The lowest BCUT2D eigenvalue weighted by molar-refractivity contribution is 0.570. The molecule has 0 bridgehead atoms. The molecule has 1 aromatic carbocycles. The molecule has 0 aliphatic carbocycles. The van der Waals surface area contributed by atoms with Crippen LogP contribution in [-0.4, -0.2) is 29.5 Å².